The third-order valence-electron chi connectivity index (χ3n) is 8.40. The van der Waals surface area contributed by atoms with Crippen LogP contribution in [0.1, 0.15) is 47.9 Å². The summed E-state index contributed by atoms with van der Waals surface area (Å²) >= 11 is 0. The van der Waals surface area contributed by atoms with Gasteiger partial charge in [-0.15, -0.1) is 0 Å². The number of nitrogens with two attached hydrogens (primary N) is 1. The number of nitrogen functional groups attached to an aromatic ring is 1. The average Bonchev–Trinajstić information content (AvgIpc) is 3.35. The summed E-state index contributed by atoms with van der Waals surface area (Å²) in [6.07, 6.45) is 1.63. The molecule has 3 aromatic heterocycles. The zero-order valence-electron chi connectivity index (χ0n) is 21.9. The summed E-state index contributed by atoms with van der Waals surface area (Å²) < 4.78 is 62.6. The van der Waals surface area contributed by atoms with Crippen LogP contribution in [0, 0.1) is 11.7 Å². The highest BCUT2D eigenvalue weighted by atomic mass is 19.4. The molecule has 7 rings (SSSR count). The highest BCUT2D eigenvalue weighted by Crippen LogP contribution is 2.53. The number of aromatic nitrogens is 4. The van der Waals surface area contributed by atoms with Crippen molar-refractivity contribution in [2.75, 3.05) is 24.3 Å². The van der Waals surface area contributed by atoms with E-state index in [4.69, 9.17) is 15.5 Å². The Bertz CT molecular complexity index is 1660. The van der Waals surface area contributed by atoms with Gasteiger partial charge >= 0.3 is 6.18 Å². The second kappa shape index (κ2) is 9.48. The number of rotatable bonds is 5. The number of nitrogens with zero attached hydrogens (tertiary/aromatic N) is 4. The highest BCUT2D eigenvalue weighted by Gasteiger charge is 2.56. The molecule has 2 saturated heterocycles. The summed E-state index contributed by atoms with van der Waals surface area (Å²) in [5.41, 5.74) is 4.79. The summed E-state index contributed by atoms with van der Waals surface area (Å²) in [5.74, 6) is -1.09. The fraction of sp³-hybridized carbons (Fsp3) is 0.357. The van der Waals surface area contributed by atoms with Gasteiger partial charge in [0, 0.05) is 29.7 Å². The first-order valence-electron chi connectivity index (χ1n) is 13.0. The predicted molar refractivity (Wildman–Crippen MR) is 140 cm³/mol. The van der Waals surface area contributed by atoms with Crippen LogP contribution in [0.4, 0.5) is 29.2 Å². The Morgan fingerprint density at radius 3 is 2.68 bits per heavy atom. The fourth-order valence-corrected chi connectivity index (χ4v) is 6.09. The molecule has 13 heteroatoms. The molecule has 9 nitrogen and oxygen atoms in total. The van der Waals surface area contributed by atoms with E-state index >= 15 is 4.39 Å². The van der Waals surface area contributed by atoms with E-state index in [-0.39, 0.29) is 41.0 Å². The number of hydrogen-bond donors (Lipinski definition) is 3. The first kappa shape index (κ1) is 27.1. The molecule has 3 fully saturated rings. The lowest BCUT2D eigenvalue weighted by molar-refractivity contribution is -0.207. The number of anilines is 2. The Morgan fingerprint density at radius 1 is 1.22 bits per heavy atom. The van der Waals surface area contributed by atoms with Gasteiger partial charge in [-0.05, 0) is 55.5 Å². The third kappa shape index (κ3) is 4.39. The predicted octanol–water partition coefficient (Wildman–Crippen LogP) is 4.60. The number of benzene rings is 1. The van der Waals surface area contributed by atoms with Crippen molar-refractivity contribution < 1.29 is 32.2 Å². The lowest BCUT2D eigenvalue weighted by Crippen LogP contribution is -2.60. The van der Waals surface area contributed by atoms with Crippen LogP contribution in [0.25, 0.3) is 16.8 Å². The molecule has 214 valence electrons. The molecule has 3 atom stereocenters. The first-order valence-corrected chi connectivity index (χ1v) is 13.0. The molecule has 1 amide bonds. The number of amides is 1. The molecule has 5 heterocycles. The third-order valence-corrected chi connectivity index (χ3v) is 8.40. The van der Waals surface area contributed by atoms with E-state index in [1.165, 1.54) is 18.3 Å². The summed E-state index contributed by atoms with van der Waals surface area (Å²) in [6.45, 7) is 2.31. The molecular formula is C28H26F4N6O3. The van der Waals surface area contributed by atoms with Crippen molar-refractivity contribution >= 4 is 23.1 Å². The van der Waals surface area contributed by atoms with Crippen LogP contribution in [0.5, 0.6) is 0 Å². The Hall–Kier alpha value is -4.10. The zero-order valence-corrected chi connectivity index (χ0v) is 21.9. The maximum absolute atomic E-state index is 15.6. The van der Waals surface area contributed by atoms with Crippen molar-refractivity contribution in [2.24, 2.45) is 5.92 Å². The number of ether oxygens (including phenoxy) is 1. The van der Waals surface area contributed by atoms with Gasteiger partial charge in [-0.25, -0.2) is 19.3 Å². The topological polar surface area (TPSA) is 128 Å². The van der Waals surface area contributed by atoms with Crippen LogP contribution in [0.3, 0.4) is 0 Å². The molecule has 41 heavy (non-hydrogen) atoms. The first-order chi connectivity index (χ1) is 19.5. The van der Waals surface area contributed by atoms with Crippen molar-refractivity contribution in [3.8, 4) is 11.3 Å². The van der Waals surface area contributed by atoms with E-state index in [9.17, 15) is 23.1 Å². The van der Waals surface area contributed by atoms with E-state index < -0.39 is 34.5 Å². The number of halogens is 4. The molecule has 1 saturated carbocycles. The number of hydrogen-bond acceptors (Lipinski definition) is 7. The minimum atomic E-state index is -4.61. The number of imidazole rings is 1. The summed E-state index contributed by atoms with van der Waals surface area (Å²) in [4.78, 5) is 25.5. The lowest BCUT2D eigenvalue weighted by atomic mass is 9.61. The zero-order chi connectivity index (χ0) is 29.2. The van der Waals surface area contributed by atoms with Gasteiger partial charge in [0.1, 0.15) is 34.5 Å². The Morgan fingerprint density at radius 2 is 2.02 bits per heavy atom. The molecule has 0 radical (unpaired) electrons. The number of alkyl halides is 3. The molecule has 0 spiro atoms. The second-order valence-electron chi connectivity index (χ2n) is 10.8. The Labute approximate surface area is 231 Å². The summed E-state index contributed by atoms with van der Waals surface area (Å²) in [6, 6.07) is 5.18. The quantitative estimate of drug-likeness (QED) is 0.299. The van der Waals surface area contributed by atoms with Crippen molar-refractivity contribution in [3.05, 3.63) is 71.7 Å². The van der Waals surface area contributed by atoms with Crippen molar-refractivity contribution in [2.45, 2.75) is 43.4 Å². The van der Waals surface area contributed by atoms with E-state index in [0.717, 1.165) is 18.3 Å². The molecular weight excluding hydrogens is 544 g/mol. The van der Waals surface area contributed by atoms with Crippen LogP contribution in [-0.2, 0) is 16.3 Å². The van der Waals surface area contributed by atoms with Crippen molar-refractivity contribution in [1.29, 1.82) is 0 Å². The molecule has 3 unspecified atom stereocenters. The molecule has 1 aliphatic carbocycles. The molecule has 2 aliphatic heterocycles. The van der Waals surface area contributed by atoms with Crippen LogP contribution in [0.2, 0.25) is 0 Å². The lowest BCUT2D eigenvalue weighted by Gasteiger charge is -2.55. The van der Waals surface area contributed by atoms with Crippen LogP contribution in [0.15, 0.2) is 48.9 Å². The minimum absolute atomic E-state index is 0.0610. The number of aliphatic hydroxyl groups excluding tert-OH is 1. The molecule has 4 aromatic rings. The largest absolute Gasteiger partial charge is 0.416 e. The summed E-state index contributed by atoms with van der Waals surface area (Å²) in [7, 11) is 0. The maximum atomic E-state index is 15.6. The highest BCUT2D eigenvalue weighted by molar-refractivity contribution is 6.04. The van der Waals surface area contributed by atoms with Crippen LogP contribution in [-0.4, -0.2) is 49.2 Å². The van der Waals surface area contributed by atoms with Crippen molar-refractivity contribution in [1.82, 2.24) is 19.4 Å². The molecule has 2 bridgehead atoms. The van der Waals surface area contributed by atoms with E-state index in [1.54, 1.807) is 10.6 Å². The van der Waals surface area contributed by atoms with Gasteiger partial charge < -0.3 is 20.9 Å². The molecule has 3 aliphatic rings. The van der Waals surface area contributed by atoms with Crippen LogP contribution < -0.4 is 11.1 Å². The van der Waals surface area contributed by atoms with Crippen molar-refractivity contribution in [3.63, 3.8) is 0 Å². The number of aliphatic hydroxyl groups is 1. The number of carbonyl (C=O) groups excluding carboxylic acids is 1. The van der Waals surface area contributed by atoms with Gasteiger partial charge in [-0.2, -0.15) is 13.2 Å². The van der Waals surface area contributed by atoms with Gasteiger partial charge in [-0.3, -0.25) is 9.20 Å². The van der Waals surface area contributed by atoms with E-state index in [0.29, 0.717) is 43.3 Å². The maximum Gasteiger partial charge on any atom is 0.416 e. The van der Waals surface area contributed by atoms with Gasteiger partial charge in [0.05, 0.1) is 29.8 Å². The van der Waals surface area contributed by atoms with Gasteiger partial charge in [0.25, 0.3) is 5.91 Å². The Kier molecular flexibility index (Phi) is 6.27. The normalized spacial score (nSPS) is 24.1. The smallest absolute Gasteiger partial charge is 0.393 e. The van der Waals surface area contributed by atoms with E-state index in [2.05, 4.69) is 15.3 Å². The average molecular weight is 571 g/mol. The fourth-order valence-electron chi connectivity index (χ4n) is 6.09. The summed E-state index contributed by atoms with van der Waals surface area (Å²) in [5, 5.41) is 12.3. The van der Waals surface area contributed by atoms with Crippen LogP contribution >= 0.6 is 0 Å². The number of nitrogens with one attached hydrogen (secondary N) is 1. The second-order valence-corrected chi connectivity index (χ2v) is 10.8. The number of carbonyl (C=O) groups is 1. The van der Waals surface area contributed by atoms with Gasteiger partial charge in [-0.1, -0.05) is 6.92 Å². The monoisotopic (exact) mass is 570 g/mol. The standard InChI is InChI=1S/C28H26F4N6O3/c1-15-12-26(5-6-27(15,13-39)41-14-26)25-37-21(22-23(33)35-8-9-38(22)25)18-3-2-16(10-19(18)29)24(40)36-20-11-17(4-7-34-20)28(30,31)32/h2-4,7-11,15,39H,5-6,12-14H2,1H3,(H2,33,35)(H,34,36,40). The van der Waals surface area contributed by atoms with E-state index in [1.807, 2.05) is 6.92 Å². The Balaban J connectivity index is 1.35. The SMILES string of the molecule is CC1CC2(c3nc(-c4ccc(C(=O)Nc5cc(C(F)(F)F)ccn5)cc4F)c4c(N)nccn34)CCC1(CO)OC2. The van der Waals surface area contributed by atoms with Gasteiger partial charge in [0.2, 0.25) is 0 Å². The minimum Gasteiger partial charge on any atom is -0.393 e. The molecule has 1 aromatic carbocycles. The number of fused-ring (bicyclic) bond motifs is 4. The number of pyridine rings is 1. The molecule has 4 N–H and O–H groups in total. The van der Waals surface area contributed by atoms with Gasteiger partial charge in [0.15, 0.2) is 0 Å².